The molecular formula is C30H33Cl2SSiZr. The second-order valence-corrected chi connectivity index (χ2v) is 18.3. The zero-order valence-corrected chi connectivity index (χ0v) is 27.4. The van der Waals surface area contributed by atoms with Crippen molar-refractivity contribution in [3.63, 3.8) is 0 Å². The molecule has 35 heavy (non-hydrogen) atoms. The van der Waals surface area contributed by atoms with Crippen molar-refractivity contribution in [2.24, 2.45) is 0 Å². The number of thiophene rings is 1. The molecule has 0 saturated heterocycles. The molecule has 2 bridgehead atoms. The van der Waals surface area contributed by atoms with Crippen molar-refractivity contribution in [3.8, 4) is 11.1 Å². The van der Waals surface area contributed by atoms with Gasteiger partial charge in [-0.3, -0.25) is 0 Å². The van der Waals surface area contributed by atoms with Gasteiger partial charge in [-0.2, -0.15) is 0 Å². The van der Waals surface area contributed by atoms with E-state index in [1.165, 1.54) is 33.4 Å². The summed E-state index contributed by atoms with van der Waals surface area (Å²) in [5, 5.41) is 4.01. The molecule has 2 aliphatic heterocycles. The number of halogens is 2. The molecule has 1 aromatic heterocycles. The third kappa shape index (κ3) is 4.70. The molecule has 2 aliphatic carbocycles. The Morgan fingerprint density at radius 1 is 0.886 bits per heavy atom. The summed E-state index contributed by atoms with van der Waals surface area (Å²) in [7, 11) is -0.972. The predicted molar refractivity (Wildman–Crippen MR) is 144 cm³/mol. The van der Waals surface area contributed by atoms with Crippen LogP contribution in [0.5, 0.6) is 0 Å². The van der Waals surface area contributed by atoms with Crippen molar-refractivity contribution in [2.75, 3.05) is 0 Å². The van der Waals surface area contributed by atoms with Crippen LogP contribution in [-0.4, -0.2) is 8.07 Å². The van der Waals surface area contributed by atoms with E-state index in [4.69, 9.17) is 0 Å². The molecule has 2 unspecified atom stereocenters. The number of hydrogen-bond donors (Lipinski definition) is 0. The maximum atomic E-state index is 2.51. The minimum atomic E-state index is -0.972. The van der Waals surface area contributed by atoms with Gasteiger partial charge in [-0.05, 0) is 23.9 Å². The first-order valence-corrected chi connectivity index (χ1v) is 17.3. The van der Waals surface area contributed by atoms with E-state index in [0.29, 0.717) is 3.63 Å². The maximum Gasteiger partial charge on any atom is -1.00 e. The Kier molecular flexibility index (Phi) is 8.43. The fraction of sp³-hybridized carbons (Fsp3) is 0.333. The zero-order valence-electron chi connectivity index (χ0n) is 21.6. The van der Waals surface area contributed by atoms with Gasteiger partial charge in [0.15, 0.2) is 0 Å². The van der Waals surface area contributed by atoms with Crippen molar-refractivity contribution < 1.29 is 49.5 Å². The number of rotatable bonds is 1. The van der Waals surface area contributed by atoms with Crippen molar-refractivity contribution in [1.82, 2.24) is 0 Å². The molecule has 2 atom stereocenters. The van der Waals surface area contributed by atoms with Crippen LogP contribution in [0.2, 0.25) is 13.1 Å². The molecule has 3 heterocycles. The minimum absolute atomic E-state index is 0. The quantitative estimate of drug-likeness (QED) is 0.370. The van der Waals surface area contributed by atoms with Crippen LogP contribution in [0.3, 0.4) is 0 Å². The van der Waals surface area contributed by atoms with Crippen molar-refractivity contribution in [3.05, 3.63) is 92.2 Å². The zero-order chi connectivity index (χ0) is 23.7. The van der Waals surface area contributed by atoms with Crippen LogP contribution in [0, 0.1) is 0 Å². The summed E-state index contributed by atoms with van der Waals surface area (Å²) in [4.78, 5) is 1.68. The molecular weight excluding hydrogens is 583 g/mol. The first kappa shape index (κ1) is 28.9. The standard InChI is InChI=1S/C20H21.C10H12SSi.2ClH.Zr/c1-14-12-16-6-5-7-18(19(16)13-14)15-8-10-17(11-9-15)20(2,3)4;1-6-9-7-4-5-11-8(7)10(6)12(9,2)3;;;/h5-13H,1-4H3;4-5,10H,1-3H3;2*1H;/q;;;;+2/p-2. The summed E-state index contributed by atoms with van der Waals surface area (Å²) in [6, 6.07) is 18.2. The second kappa shape index (κ2) is 10.2. The largest absolute Gasteiger partial charge is 1.00 e. The van der Waals surface area contributed by atoms with Gasteiger partial charge >= 0.3 is 143 Å². The smallest absolute Gasteiger partial charge is 1.00 e. The Morgan fingerprint density at radius 2 is 1.54 bits per heavy atom. The van der Waals surface area contributed by atoms with Crippen LogP contribution in [0.25, 0.3) is 22.4 Å². The molecule has 4 aliphatic rings. The van der Waals surface area contributed by atoms with Gasteiger partial charge in [0.25, 0.3) is 0 Å². The molecule has 181 valence electrons. The third-order valence-corrected chi connectivity index (χ3v) is 15.0. The topological polar surface area (TPSA) is 0 Å². The van der Waals surface area contributed by atoms with Gasteiger partial charge in [-0.15, -0.1) is 11.3 Å². The van der Waals surface area contributed by atoms with Gasteiger partial charge in [0.05, 0.1) is 8.07 Å². The molecule has 5 heteroatoms. The first-order valence-electron chi connectivity index (χ1n) is 11.9. The summed E-state index contributed by atoms with van der Waals surface area (Å²) in [6.45, 7) is 16.4. The van der Waals surface area contributed by atoms with Crippen LogP contribution >= 0.6 is 11.3 Å². The Bertz CT molecular complexity index is 1310. The van der Waals surface area contributed by atoms with Crippen LogP contribution in [-0.2, 0) is 30.1 Å². The van der Waals surface area contributed by atoms with Crippen LogP contribution in [0.15, 0.2) is 65.1 Å². The van der Waals surface area contributed by atoms with Gasteiger partial charge in [0.1, 0.15) is 0 Å². The van der Waals surface area contributed by atoms with E-state index in [9.17, 15) is 0 Å². The Balaban J connectivity index is 0.000000208. The average Bonchev–Trinajstić information content (AvgIpc) is 3.45. The number of fused-ring (bicyclic) bond motifs is 1. The Morgan fingerprint density at radius 3 is 2.11 bits per heavy atom. The number of benzene rings is 2. The summed E-state index contributed by atoms with van der Waals surface area (Å²) in [5.41, 5.74) is 12.9. The average molecular weight is 616 g/mol. The fourth-order valence-corrected chi connectivity index (χ4v) is 13.2. The molecule has 0 radical (unpaired) electrons. The molecule has 3 aromatic rings. The molecule has 0 N–H and O–H groups in total. The van der Waals surface area contributed by atoms with Crippen molar-refractivity contribution >= 4 is 30.7 Å². The van der Waals surface area contributed by atoms with E-state index in [2.05, 4.69) is 108 Å². The molecule has 0 spiro atoms. The second-order valence-electron chi connectivity index (χ2n) is 11.4. The van der Waals surface area contributed by atoms with E-state index >= 15 is 0 Å². The van der Waals surface area contributed by atoms with Crippen LogP contribution in [0.4, 0.5) is 0 Å². The monoisotopic (exact) mass is 613 g/mol. The molecule has 0 nitrogen and oxygen atoms in total. The van der Waals surface area contributed by atoms with Gasteiger partial charge in [0.2, 0.25) is 0 Å². The summed E-state index contributed by atoms with van der Waals surface area (Å²) in [6.07, 6.45) is 2.38. The summed E-state index contributed by atoms with van der Waals surface area (Å²) in [5.74, 6) is 0. The third-order valence-electron chi connectivity index (χ3n) is 7.76. The van der Waals surface area contributed by atoms with Crippen molar-refractivity contribution in [1.29, 1.82) is 0 Å². The van der Waals surface area contributed by atoms with E-state index in [-0.39, 0.29) is 30.2 Å². The van der Waals surface area contributed by atoms with Gasteiger partial charge in [-0.25, -0.2) is 0 Å². The number of hydrogen-bond acceptors (Lipinski definition) is 1. The molecule has 0 fully saturated rings. The van der Waals surface area contributed by atoms with E-state index in [0.717, 1.165) is 5.54 Å². The van der Waals surface area contributed by atoms with E-state index in [1.807, 2.05) is 11.3 Å². The van der Waals surface area contributed by atoms with E-state index in [1.54, 1.807) is 45.9 Å². The molecule has 2 aromatic carbocycles. The normalized spacial score (nSPS) is 20.4. The minimum Gasteiger partial charge on any atom is -1.00 e. The maximum absolute atomic E-state index is 2.51. The number of allylic oxidation sites excluding steroid dienone is 2. The molecule has 7 rings (SSSR count). The van der Waals surface area contributed by atoms with Crippen LogP contribution in [0.1, 0.15) is 70.9 Å². The van der Waals surface area contributed by atoms with Gasteiger partial charge < -0.3 is 24.8 Å². The predicted octanol–water partition coefficient (Wildman–Crippen LogP) is 3.08. The van der Waals surface area contributed by atoms with E-state index < -0.39 is 8.07 Å². The van der Waals surface area contributed by atoms with Crippen LogP contribution < -0.4 is 24.8 Å². The van der Waals surface area contributed by atoms with Gasteiger partial charge in [-0.1, -0.05) is 23.9 Å². The van der Waals surface area contributed by atoms with Crippen molar-refractivity contribution in [2.45, 2.75) is 62.3 Å². The SMILES string of the molecule is CC1=C2c3ccsc3C1[Si]2(C)C.CC1=Cc2c(-c3ccc(C(C)(C)C)cc3)cccc2[CH]1[Zr+2].[Cl-].[Cl-]. The Labute approximate surface area is 244 Å². The molecule has 0 amide bonds. The first-order chi connectivity index (χ1) is 15.5. The summed E-state index contributed by atoms with van der Waals surface area (Å²) >= 11 is 3.54. The summed E-state index contributed by atoms with van der Waals surface area (Å²) < 4.78 is 0.640. The fourth-order valence-electron chi connectivity index (χ4n) is 6.05. The molecule has 0 saturated carbocycles. The van der Waals surface area contributed by atoms with Gasteiger partial charge in [0, 0.05) is 10.4 Å². The Hall–Kier alpha value is -0.700.